The number of amides is 1. The molecule has 1 aromatic rings. The Kier molecular flexibility index (Phi) is 5.68. The number of carbonyl (C=O) groups is 1. The number of hydrogen-bond acceptors (Lipinski definition) is 2. The van der Waals surface area contributed by atoms with E-state index in [1.807, 2.05) is 6.07 Å². The molecule has 27 heavy (non-hydrogen) atoms. The summed E-state index contributed by atoms with van der Waals surface area (Å²) in [5.74, 6) is 1.02. The molecule has 1 saturated carbocycles. The molecule has 3 aliphatic rings. The fourth-order valence-corrected chi connectivity index (χ4v) is 5.16. The summed E-state index contributed by atoms with van der Waals surface area (Å²) in [6.07, 6.45) is 12.7. The van der Waals surface area contributed by atoms with Crippen LogP contribution in [0.15, 0.2) is 42.5 Å². The molecular weight excluding hydrogens is 332 g/mol. The molecule has 1 aliphatic heterocycles. The van der Waals surface area contributed by atoms with Crippen LogP contribution in [0, 0.1) is 5.92 Å². The van der Waals surface area contributed by atoms with E-state index < -0.39 is 0 Å². The summed E-state index contributed by atoms with van der Waals surface area (Å²) in [7, 11) is 0. The Morgan fingerprint density at radius 3 is 2.63 bits per heavy atom. The minimum absolute atomic E-state index is 0.235. The Morgan fingerprint density at radius 2 is 1.96 bits per heavy atom. The van der Waals surface area contributed by atoms with Gasteiger partial charge in [-0.1, -0.05) is 49.4 Å². The number of hydrogen-bond donors (Lipinski definition) is 0. The second kappa shape index (κ2) is 8.18. The molecule has 1 aromatic carbocycles. The lowest BCUT2D eigenvalue weighted by Gasteiger charge is -2.35. The zero-order valence-corrected chi connectivity index (χ0v) is 16.8. The van der Waals surface area contributed by atoms with Crippen LogP contribution in [0.1, 0.15) is 57.4 Å². The summed E-state index contributed by atoms with van der Waals surface area (Å²) in [6, 6.07) is 11.1. The Balaban J connectivity index is 1.53. The number of benzene rings is 1. The first kappa shape index (κ1) is 18.7. The average molecular weight is 367 g/mol. The highest BCUT2D eigenvalue weighted by atomic mass is 16.2. The topological polar surface area (TPSA) is 23.6 Å². The largest absolute Gasteiger partial charge is 0.340 e. The molecule has 0 aromatic heterocycles. The lowest BCUT2D eigenvalue weighted by atomic mass is 9.91. The maximum absolute atomic E-state index is 13.8. The van der Waals surface area contributed by atoms with Gasteiger partial charge in [0, 0.05) is 19.1 Å². The number of likely N-dealkylation sites (N-methyl/N-ethyl adjacent to an activating group) is 1. The smallest absolute Gasteiger partial charge is 0.233 e. The number of nitrogens with zero attached hydrogens (tertiary/aromatic N) is 2. The number of likely N-dealkylation sites (tertiary alicyclic amines) is 1. The quantitative estimate of drug-likeness (QED) is 0.668. The van der Waals surface area contributed by atoms with Crippen molar-refractivity contribution in [3.63, 3.8) is 0 Å². The van der Waals surface area contributed by atoms with E-state index in [2.05, 4.69) is 53.1 Å². The second-order valence-electron chi connectivity index (χ2n) is 8.73. The second-order valence-corrected chi connectivity index (χ2v) is 8.73. The molecule has 3 nitrogen and oxygen atoms in total. The predicted octanol–water partition coefficient (Wildman–Crippen LogP) is 4.39. The van der Waals surface area contributed by atoms with E-state index in [4.69, 9.17) is 0 Å². The van der Waals surface area contributed by atoms with Crippen LogP contribution in [0.3, 0.4) is 0 Å². The third-order valence-electron chi connectivity index (χ3n) is 6.97. The van der Waals surface area contributed by atoms with Crippen LogP contribution in [0.5, 0.6) is 0 Å². The molecule has 0 bridgehead atoms. The average Bonchev–Trinajstić information content (AvgIpc) is 3.41. The van der Waals surface area contributed by atoms with Crippen molar-refractivity contribution >= 4 is 5.91 Å². The van der Waals surface area contributed by atoms with E-state index in [9.17, 15) is 4.79 Å². The molecule has 2 atom stereocenters. The predicted molar refractivity (Wildman–Crippen MR) is 111 cm³/mol. The highest BCUT2D eigenvalue weighted by molar-refractivity contribution is 5.91. The van der Waals surface area contributed by atoms with Gasteiger partial charge in [0.1, 0.15) is 0 Å². The Morgan fingerprint density at radius 1 is 1.15 bits per heavy atom. The van der Waals surface area contributed by atoms with Crippen LogP contribution >= 0.6 is 0 Å². The maximum atomic E-state index is 13.8. The van der Waals surface area contributed by atoms with Crippen molar-refractivity contribution in [2.45, 2.75) is 63.3 Å². The van der Waals surface area contributed by atoms with Crippen LogP contribution < -0.4 is 0 Å². The van der Waals surface area contributed by atoms with Crippen molar-refractivity contribution in [3.05, 3.63) is 48.0 Å². The van der Waals surface area contributed by atoms with Crippen molar-refractivity contribution in [2.24, 2.45) is 5.92 Å². The molecule has 1 amide bonds. The van der Waals surface area contributed by atoms with Gasteiger partial charge in [-0.15, -0.1) is 0 Å². The van der Waals surface area contributed by atoms with Crippen LogP contribution in [-0.4, -0.2) is 47.9 Å². The van der Waals surface area contributed by atoms with Gasteiger partial charge in [0.05, 0.1) is 5.41 Å². The molecule has 3 heteroatoms. The molecule has 146 valence electrons. The third-order valence-corrected chi connectivity index (χ3v) is 6.97. The van der Waals surface area contributed by atoms with Crippen molar-refractivity contribution in [2.75, 3.05) is 26.2 Å². The molecule has 0 spiro atoms. The normalized spacial score (nSPS) is 26.9. The maximum Gasteiger partial charge on any atom is 0.233 e. The lowest BCUT2D eigenvalue weighted by Crippen LogP contribution is -2.48. The Hall–Kier alpha value is -1.61. The Labute approximate surface area is 164 Å². The fourth-order valence-electron chi connectivity index (χ4n) is 5.16. The highest BCUT2D eigenvalue weighted by Crippen LogP contribution is 2.49. The van der Waals surface area contributed by atoms with Crippen molar-refractivity contribution in [1.82, 2.24) is 9.80 Å². The van der Waals surface area contributed by atoms with E-state index >= 15 is 0 Å². The summed E-state index contributed by atoms with van der Waals surface area (Å²) >= 11 is 0. The van der Waals surface area contributed by atoms with Gasteiger partial charge < -0.3 is 4.90 Å². The van der Waals surface area contributed by atoms with Crippen LogP contribution in [0.4, 0.5) is 0 Å². The molecule has 0 radical (unpaired) electrons. The summed E-state index contributed by atoms with van der Waals surface area (Å²) in [4.78, 5) is 18.6. The van der Waals surface area contributed by atoms with E-state index in [0.717, 1.165) is 38.9 Å². The van der Waals surface area contributed by atoms with Crippen LogP contribution in [0.25, 0.3) is 0 Å². The van der Waals surface area contributed by atoms with E-state index in [1.54, 1.807) is 0 Å². The van der Waals surface area contributed by atoms with Crippen molar-refractivity contribution in [1.29, 1.82) is 0 Å². The molecule has 0 unspecified atom stereocenters. The summed E-state index contributed by atoms with van der Waals surface area (Å²) in [5, 5.41) is 0. The zero-order valence-electron chi connectivity index (χ0n) is 16.8. The first-order chi connectivity index (χ1) is 13.2. The zero-order chi connectivity index (χ0) is 18.7. The van der Waals surface area contributed by atoms with Gasteiger partial charge in [0.15, 0.2) is 0 Å². The molecular formula is C24H34N2O. The van der Waals surface area contributed by atoms with Crippen LogP contribution in [-0.2, 0) is 10.2 Å². The van der Waals surface area contributed by atoms with Gasteiger partial charge in [0.2, 0.25) is 5.91 Å². The molecule has 4 rings (SSSR count). The highest BCUT2D eigenvalue weighted by Gasteiger charge is 2.53. The molecule has 2 fully saturated rings. The minimum Gasteiger partial charge on any atom is -0.340 e. The van der Waals surface area contributed by atoms with E-state index in [0.29, 0.717) is 17.9 Å². The van der Waals surface area contributed by atoms with Crippen molar-refractivity contribution in [3.8, 4) is 0 Å². The lowest BCUT2D eigenvalue weighted by molar-refractivity contribution is -0.135. The first-order valence-corrected chi connectivity index (χ1v) is 11.0. The standard InChI is InChI=1S/C24H34N2O/c1-2-25-17-9-14-22(25)19-26(18-20-10-5-3-6-11-20)23(27)24(15-16-24)21-12-7-4-8-13-21/h3-5,7-8,12-13,20,22H,2,6,9-11,14-19H2,1H3/t20-,22+/m0/s1. The van der Waals surface area contributed by atoms with Gasteiger partial charge in [0.25, 0.3) is 0 Å². The van der Waals surface area contributed by atoms with Crippen LogP contribution in [0.2, 0.25) is 0 Å². The molecule has 2 aliphatic carbocycles. The number of rotatable bonds is 7. The molecule has 0 N–H and O–H groups in total. The van der Waals surface area contributed by atoms with Gasteiger partial charge >= 0.3 is 0 Å². The Bertz CT molecular complexity index is 664. The molecule has 1 heterocycles. The minimum atomic E-state index is -0.235. The summed E-state index contributed by atoms with van der Waals surface area (Å²) in [6.45, 7) is 6.40. The number of allylic oxidation sites excluding steroid dienone is 2. The first-order valence-electron chi connectivity index (χ1n) is 11.0. The summed E-state index contributed by atoms with van der Waals surface area (Å²) < 4.78 is 0. The van der Waals surface area contributed by atoms with Gasteiger partial charge in [-0.05, 0) is 69.5 Å². The SMILES string of the molecule is CCN1CCC[C@@H]1CN(C[C@H]1CC=CCC1)C(=O)C1(c2ccccc2)CC1. The van der Waals surface area contributed by atoms with E-state index in [1.165, 1.54) is 37.8 Å². The molecule has 1 saturated heterocycles. The van der Waals surface area contributed by atoms with Gasteiger partial charge in [-0.3, -0.25) is 9.69 Å². The third kappa shape index (κ3) is 3.99. The van der Waals surface area contributed by atoms with Crippen molar-refractivity contribution < 1.29 is 4.79 Å². The van der Waals surface area contributed by atoms with Gasteiger partial charge in [-0.25, -0.2) is 0 Å². The number of carbonyl (C=O) groups excluding carboxylic acids is 1. The van der Waals surface area contributed by atoms with Gasteiger partial charge in [-0.2, -0.15) is 0 Å². The summed E-state index contributed by atoms with van der Waals surface area (Å²) in [5.41, 5.74) is 0.990. The monoisotopic (exact) mass is 366 g/mol. The fraction of sp³-hybridized carbons (Fsp3) is 0.625. The van der Waals surface area contributed by atoms with E-state index in [-0.39, 0.29) is 5.41 Å².